The fraction of sp³-hybridized carbons (Fsp3) is 0.533. The highest BCUT2D eigenvalue weighted by Crippen LogP contribution is 2.28. The molecule has 1 aromatic carbocycles. The number of anilines is 1. The fourth-order valence-corrected chi connectivity index (χ4v) is 1.88. The van der Waals surface area contributed by atoms with Gasteiger partial charge in [-0.05, 0) is 44.5 Å². The number of benzene rings is 1. The fourth-order valence-electron chi connectivity index (χ4n) is 1.88. The molecule has 0 saturated carbocycles. The molecule has 1 aromatic rings. The van der Waals surface area contributed by atoms with Gasteiger partial charge in [-0.3, -0.25) is 4.79 Å². The molecule has 1 amide bonds. The van der Waals surface area contributed by atoms with E-state index in [2.05, 4.69) is 20.8 Å². The minimum Gasteiger partial charge on any atom is -0.497 e. The maximum absolute atomic E-state index is 12.2. The standard InChI is InChI=1S/C15H23NO2/c1-6-14(17)16(15(3,4)7-2)12-8-10-13(18-5)11-9-12/h8-11H,6-7H2,1-5H3. The van der Waals surface area contributed by atoms with Gasteiger partial charge < -0.3 is 9.64 Å². The molecule has 0 unspecified atom stereocenters. The van der Waals surface area contributed by atoms with E-state index in [9.17, 15) is 4.79 Å². The van der Waals surface area contributed by atoms with Crippen molar-refractivity contribution in [1.82, 2.24) is 0 Å². The summed E-state index contributed by atoms with van der Waals surface area (Å²) in [6.45, 7) is 8.17. The first-order chi connectivity index (χ1) is 8.46. The highest BCUT2D eigenvalue weighted by Gasteiger charge is 2.29. The minimum absolute atomic E-state index is 0.145. The van der Waals surface area contributed by atoms with Crippen LogP contribution in [0.3, 0.4) is 0 Å². The van der Waals surface area contributed by atoms with Crippen LogP contribution in [0.5, 0.6) is 5.75 Å². The summed E-state index contributed by atoms with van der Waals surface area (Å²) in [7, 11) is 1.64. The highest BCUT2D eigenvalue weighted by molar-refractivity contribution is 5.94. The third-order valence-corrected chi connectivity index (χ3v) is 3.35. The van der Waals surface area contributed by atoms with Gasteiger partial charge in [0.15, 0.2) is 0 Å². The number of nitrogens with zero attached hydrogens (tertiary/aromatic N) is 1. The van der Waals surface area contributed by atoms with Gasteiger partial charge in [0.25, 0.3) is 0 Å². The zero-order chi connectivity index (χ0) is 13.8. The van der Waals surface area contributed by atoms with E-state index in [-0.39, 0.29) is 11.4 Å². The molecule has 18 heavy (non-hydrogen) atoms. The third-order valence-electron chi connectivity index (χ3n) is 3.35. The largest absolute Gasteiger partial charge is 0.497 e. The maximum atomic E-state index is 12.2. The Bertz CT molecular complexity index is 395. The van der Waals surface area contributed by atoms with Crippen molar-refractivity contribution < 1.29 is 9.53 Å². The first-order valence-corrected chi connectivity index (χ1v) is 6.43. The summed E-state index contributed by atoms with van der Waals surface area (Å²) in [5.41, 5.74) is 0.747. The Labute approximate surface area is 110 Å². The van der Waals surface area contributed by atoms with E-state index in [1.165, 1.54) is 0 Å². The van der Waals surface area contributed by atoms with E-state index in [1.807, 2.05) is 36.1 Å². The summed E-state index contributed by atoms with van der Waals surface area (Å²) in [5.74, 6) is 0.948. The first kappa shape index (κ1) is 14.6. The van der Waals surface area contributed by atoms with Gasteiger partial charge >= 0.3 is 0 Å². The molecule has 1 rings (SSSR count). The van der Waals surface area contributed by atoms with Crippen molar-refractivity contribution in [2.45, 2.75) is 46.1 Å². The zero-order valence-electron chi connectivity index (χ0n) is 12.0. The maximum Gasteiger partial charge on any atom is 0.227 e. The number of carbonyl (C=O) groups is 1. The topological polar surface area (TPSA) is 29.5 Å². The lowest BCUT2D eigenvalue weighted by Gasteiger charge is -2.38. The highest BCUT2D eigenvalue weighted by atomic mass is 16.5. The van der Waals surface area contributed by atoms with E-state index in [0.29, 0.717) is 6.42 Å². The smallest absolute Gasteiger partial charge is 0.227 e. The monoisotopic (exact) mass is 249 g/mol. The van der Waals surface area contributed by atoms with Crippen LogP contribution in [-0.4, -0.2) is 18.6 Å². The lowest BCUT2D eigenvalue weighted by Crippen LogP contribution is -2.47. The van der Waals surface area contributed by atoms with Crippen molar-refractivity contribution in [3.8, 4) is 5.75 Å². The average molecular weight is 249 g/mol. The van der Waals surface area contributed by atoms with Crippen LogP contribution in [0.15, 0.2) is 24.3 Å². The van der Waals surface area contributed by atoms with Gasteiger partial charge in [-0.1, -0.05) is 13.8 Å². The van der Waals surface area contributed by atoms with Gasteiger partial charge in [0.2, 0.25) is 5.91 Å². The normalized spacial score (nSPS) is 11.2. The van der Waals surface area contributed by atoms with Gasteiger partial charge in [-0.15, -0.1) is 0 Å². The second-order valence-corrected chi connectivity index (χ2v) is 4.95. The van der Waals surface area contributed by atoms with E-state index >= 15 is 0 Å². The molecule has 0 aliphatic heterocycles. The first-order valence-electron chi connectivity index (χ1n) is 6.43. The van der Waals surface area contributed by atoms with Crippen LogP contribution in [-0.2, 0) is 4.79 Å². The van der Waals surface area contributed by atoms with Crippen LogP contribution in [0.25, 0.3) is 0 Å². The number of hydrogen-bond acceptors (Lipinski definition) is 2. The summed E-state index contributed by atoms with van der Waals surface area (Å²) in [4.78, 5) is 14.0. The van der Waals surface area contributed by atoms with Crippen molar-refractivity contribution in [2.24, 2.45) is 0 Å². The Morgan fingerprint density at radius 2 is 1.78 bits per heavy atom. The van der Waals surface area contributed by atoms with Crippen molar-refractivity contribution in [2.75, 3.05) is 12.0 Å². The van der Waals surface area contributed by atoms with E-state index in [1.54, 1.807) is 7.11 Å². The SMILES string of the molecule is CCC(=O)N(c1ccc(OC)cc1)C(C)(C)CC. The molecule has 0 fully saturated rings. The molecule has 0 heterocycles. The molecule has 0 bridgehead atoms. The molecule has 0 aliphatic carbocycles. The second-order valence-electron chi connectivity index (χ2n) is 4.95. The van der Waals surface area contributed by atoms with Crippen molar-refractivity contribution in [3.63, 3.8) is 0 Å². The zero-order valence-corrected chi connectivity index (χ0v) is 12.0. The van der Waals surface area contributed by atoms with Gasteiger partial charge in [0.05, 0.1) is 7.11 Å². The lowest BCUT2D eigenvalue weighted by molar-refractivity contribution is -0.119. The Hall–Kier alpha value is -1.51. The van der Waals surface area contributed by atoms with Crippen LogP contribution in [0.4, 0.5) is 5.69 Å². The number of ether oxygens (including phenoxy) is 1. The molecule has 0 saturated heterocycles. The molecular weight excluding hydrogens is 226 g/mol. The number of hydrogen-bond donors (Lipinski definition) is 0. The second kappa shape index (κ2) is 5.89. The van der Waals surface area contributed by atoms with E-state index in [0.717, 1.165) is 17.9 Å². The summed E-state index contributed by atoms with van der Waals surface area (Å²) in [6, 6.07) is 7.64. The molecule has 0 aliphatic rings. The molecule has 0 radical (unpaired) electrons. The van der Waals surface area contributed by atoms with Crippen LogP contribution < -0.4 is 9.64 Å². The van der Waals surface area contributed by atoms with Gasteiger partial charge in [-0.2, -0.15) is 0 Å². The van der Waals surface area contributed by atoms with Gasteiger partial charge in [-0.25, -0.2) is 0 Å². The molecule has 3 heteroatoms. The van der Waals surface area contributed by atoms with Gasteiger partial charge in [0, 0.05) is 17.6 Å². The molecule has 0 spiro atoms. The van der Waals surface area contributed by atoms with Gasteiger partial charge in [0.1, 0.15) is 5.75 Å². The number of methoxy groups -OCH3 is 1. The quantitative estimate of drug-likeness (QED) is 0.797. The lowest BCUT2D eigenvalue weighted by atomic mass is 9.97. The Morgan fingerprint density at radius 3 is 2.17 bits per heavy atom. The van der Waals surface area contributed by atoms with Crippen molar-refractivity contribution in [3.05, 3.63) is 24.3 Å². The molecule has 0 atom stereocenters. The van der Waals surface area contributed by atoms with Crippen molar-refractivity contribution >= 4 is 11.6 Å². The van der Waals surface area contributed by atoms with Crippen LogP contribution in [0.1, 0.15) is 40.5 Å². The molecular formula is C15H23NO2. The molecule has 3 nitrogen and oxygen atoms in total. The molecule has 0 aromatic heterocycles. The van der Waals surface area contributed by atoms with Crippen LogP contribution in [0.2, 0.25) is 0 Å². The van der Waals surface area contributed by atoms with E-state index in [4.69, 9.17) is 4.74 Å². The Morgan fingerprint density at radius 1 is 1.22 bits per heavy atom. The Balaban J connectivity index is 3.13. The van der Waals surface area contributed by atoms with Crippen LogP contribution >= 0.6 is 0 Å². The van der Waals surface area contributed by atoms with E-state index < -0.39 is 0 Å². The predicted octanol–water partition coefficient (Wildman–Crippen LogP) is 3.63. The third kappa shape index (κ3) is 3.03. The summed E-state index contributed by atoms with van der Waals surface area (Å²) < 4.78 is 5.14. The number of amides is 1. The molecule has 0 N–H and O–H groups in total. The van der Waals surface area contributed by atoms with Crippen LogP contribution in [0, 0.1) is 0 Å². The molecule has 100 valence electrons. The number of rotatable bonds is 5. The predicted molar refractivity (Wildman–Crippen MR) is 75.1 cm³/mol. The van der Waals surface area contributed by atoms with Crippen molar-refractivity contribution in [1.29, 1.82) is 0 Å². The summed E-state index contributed by atoms with van der Waals surface area (Å²) in [5, 5.41) is 0. The number of carbonyl (C=O) groups excluding carboxylic acids is 1. The summed E-state index contributed by atoms with van der Waals surface area (Å²) >= 11 is 0. The summed E-state index contributed by atoms with van der Waals surface area (Å²) in [6.07, 6.45) is 1.42. The Kier molecular flexibility index (Phi) is 4.76. The average Bonchev–Trinajstić information content (AvgIpc) is 2.39. The minimum atomic E-state index is -0.179.